The molecule has 1 unspecified atom stereocenters. The van der Waals surface area contributed by atoms with Crippen LogP contribution in [-0.4, -0.2) is 64.2 Å². The maximum atomic E-state index is 12.7. The first-order chi connectivity index (χ1) is 12.7. The zero-order valence-electron chi connectivity index (χ0n) is 15.5. The van der Waals surface area contributed by atoms with Gasteiger partial charge >= 0.3 is 0 Å². The maximum Gasteiger partial charge on any atom is 0.244 e. The Balaban J connectivity index is 1.57. The molecule has 1 spiro atoms. The van der Waals surface area contributed by atoms with Crippen LogP contribution in [-0.2, 0) is 24.8 Å². The van der Waals surface area contributed by atoms with Crippen LogP contribution < -0.4 is 4.72 Å². The molecule has 3 rings (SSSR count). The van der Waals surface area contributed by atoms with Crippen molar-refractivity contribution in [2.45, 2.75) is 42.6 Å². The monoisotopic (exact) mass is 417 g/mol. The number of rotatable bonds is 6. The summed E-state index contributed by atoms with van der Waals surface area (Å²) in [4.78, 5) is 4.12. The van der Waals surface area contributed by atoms with E-state index in [1.54, 1.807) is 18.3 Å². The van der Waals surface area contributed by atoms with E-state index in [2.05, 4.69) is 9.71 Å². The maximum absolute atomic E-state index is 12.7. The largest absolute Gasteiger partial charge is 0.375 e. The minimum Gasteiger partial charge on any atom is -0.375 e. The summed E-state index contributed by atoms with van der Waals surface area (Å²) in [5.74, 6) is 0.384. The molecule has 2 fully saturated rings. The Labute approximate surface area is 161 Å². The Kier molecular flexibility index (Phi) is 6.21. The second kappa shape index (κ2) is 8.12. The summed E-state index contributed by atoms with van der Waals surface area (Å²) in [6, 6.07) is 3.19. The van der Waals surface area contributed by atoms with E-state index >= 15 is 0 Å². The molecule has 0 amide bonds. The van der Waals surface area contributed by atoms with Gasteiger partial charge < -0.3 is 4.74 Å². The summed E-state index contributed by atoms with van der Waals surface area (Å²) >= 11 is 0. The lowest BCUT2D eigenvalue weighted by Gasteiger charge is -2.46. The lowest BCUT2D eigenvalue weighted by molar-refractivity contribution is -0.121. The Morgan fingerprint density at radius 1 is 1.30 bits per heavy atom. The molecule has 10 heteroatoms. The number of nitrogens with one attached hydrogen (secondary N) is 1. The van der Waals surface area contributed by atoms with Gasteiger partial charge in [-0.2, -0.15) is 4.31 Å². The van der Waals surface area contributed by atoms with Crippen molar-refractivity contribution in [1.82, 2.24) is 14.0 Å². The molecule has 8 nitrogen and oxygen atoms in total. The molecule has 0 radical (unpaired) electrons. The van der Waals surface area contributed by atoms with Crippen molar-refractivity contribution in [1.29, 1.82) is 0 Å². The molecule has 1 aromatic rings. The third-order valence-corrected chi connectivity index (χ3v) is 8.03. The molecule has 2 aliphatic heterocycles. The number of aromatic nitrogens is 1. The van der Waals surface area contributed by atoms with Crippen molar-refractivity contribution in [3.8, 4) is 0 Å². The molecule has 1 atom stereocenters. The van der Waals surface area contributed by atoms with Crippen LogP contribution in [0.4, 0.5) is 0 Å². The fourth-order valence-electron chi connectivity index (χ4n) is 3.96. The van der Waals surface area contributed by atoms with Crippen molar-refractivity contribution in [3.05, 3.63) is 24.5 Å². The first-order valence-electron chi connectivity index (χ1n) is 9.19. The molecule has 152 valence electrons. The van der Waals surface area contributed by atoms with Gasteiger partial charge in [0.1, 0.15) is 4.90 Å². The highest BCUT2D eigenvalue weighted by molar-refractivity contribution is 7.89. The molecule has 1 N–H and O–H groups in total. The zero-order chi connectivity index (χ0) is 19.5. The van der Waals surface area contributed by atoms with E-state index < -0.39 is 20.0 Å². The highest BCUT2D eigenvalue weighted by Crippen LogP contribution is 2.39. The number of hydrogen-bond donors (Lipinski definition) is 1. The molecule has 2 saturated heterocycles. The molecule has 1 aromatic heterocycles. The lowest BCUT2D eigenvalue weighted by atomic mass is 9.79. The van der Waals surface area contributed by atoms with Gasteiger partial charge in [0.15, 0.2) is 0 Å². The van der Waals surface area contributed by atoms with E-state index in [1.165, 1.54) is 10.5 Å². The Bertz CT molecular complexity index is 835. The third-order valence-electron chi connectivity index (χ3n) is 5.42. The fourth-order valence-corrected chi connectivity index (χ4v) is 5.85. The minimum absolute atomic E-state index is 0.218. The molecule has 27 heavy (non-hydrogen) atoms. The predicted octanol–water partition coefficient (Wildman–Crippen LogP) is 0.971. The average molecular weight is 418 g/mol. The number of pyridine rings is 1. The molecule has 0 saturated carbocycles. The number of nitrogens with zero attached hydrogens (tertiary/aromatic N) is 2. The summed E-state index contributed by atoms with van der Waals surface area (Å²) in [6.07, 6.45) is 7.93. The van der Waals surface area contributed by atoms with E-state index in [9.17, 15) is 16.8 Å². The van der Waals surface area contributed by atoms with Crippen LogP contribution >= 0.6 is 0 Å². The highest BCUT2D eigenvalue weighted by Gasteiger charge is 2.42. The van der Waals surface area contributed by atoms with E-state index in [0.717, 1.165) is 25.5 Å². The standard InChI is InChI=1S/C17H27N3O5S2/c1-26(21,22)19-9-4-15-5-12-25-17(13-15)6-10-20(11-7-17)27(23,24)16-3-2-8-18-14-16/h2-3,8,14-15,19H,4-7,9-13H2,1H3. The second-order valence-electron chi connectivity index (χ2n) is 7.44. The molecule has 0 aromatic carbocycles. The van der Waals surface area contributed by atoms with Gasteiger partial charge in [-0.25, -0.2) is 21.6 Å². The lowest BCUT2D eigenvalue weighted by Crippen LogP contribution is -2.50. The van der Waals surface area contributed by atoms with Gasteiger partial charge in [-0.05, 0) is 50.2 Å². The van der Waals surface area contributed by atoms with Crippen LogP contribution in [0.5, 0.6) is 0 Å². The quantitative estimate of drug-likeness (QED) is 0.739. The van der Waals surface area contributed by atoms with Crippen LogP contribution in [0.25, 0.3) is 0 Å². The SMILES string of the molecule is CS(=O)(=O)NCCC1CCOC2(CCN(S(=O)(=O)c3cccnc3)CC2)C1. The number of sulfonamides is 2. The van der Waals surface area contributed by atoms with E-state index in [4.69, 9.17) is 4.74 Å². The van der Waals surface area contributed by atoms with Gasteiger partial charge in [-0.15, -0.1) is 0 Å². The first-order valence-corrected chi connectivity index (χ1v) is 12.5. The summed E-state index contributed by atoms with van der Waals surface area (Å²) in [5, 5.41) is 0. The van der Waals surface area contributed by atoms with E-state index in [-0.39, 0.29) is 10.5 Å². The van der Waals surface area contributed by atoms with Crippen LogP contribution in [0.15, 0.2) is 29.4 Å². The summed E-state index contributed by atoms with van der Waals surface area (Å²) in [6.45, 7) is 1.91. The number of hydrogen-bond acceptors (Lipinski definition) is 6. The molecular weight excluding hydrogens is 390 g/mol. The molecule has 2 aliphatic rings. The highest BCUT2D eigenvalue weighted by atomic mass is 32.2. The van der Waals surface area contributed by atoms with Gasteiger partial charge in [-0.1, -0.05) is 0 Å². The Morgan fingerprint density at radius 2 is 2.04 bits per heavy atom. The average Bonchev–Trinajstić information content (AvgIpc) is 2.62. The zero-order valence-corrected chi connectivity index (χ0v) is 17.1. The van der Waals surface area contributed by atoms with Crippen molar-refractivity contribution in [3.63, 3.8) is 0 Å². The van der Waals surface area contributed by atoms with Crippen LogP contribution in [0.1, 0.15) is 32.1 Å². The summed E-state index contributed by atoms with van der Waals surface area (Å²) in [7, 11) is -6.69. The van der Waals surface area contributed by atoms with Gasteiger partial charge in [-0.3, -0.25) is 4.98 Å². The Morgan fingerprint density at radius 3 is 2.67 bits per heavy atom. The van der Waals surface area contributed by atoms with Crippen molar-refractivity contribution in [2.75, 3.05) is 32.5 Å². The predicted molar refractivity (Wildman–Crippen MR) is 101 cm³/mol. The topological polar surface area (TPSA) is 106 Å². The van der Waals surface area contributed by atoms with Gasteiger partial charge in [0, 0.05) is 38.6 Å². The molecule has 0 aliphatic carbocycles. The molecule has 3 heterocycles. The van der Waals surface area contributed by atoms with Crippen LogP contribution in [0, 0.1) is 5.92 Å². The Hall–Kier alpha value is -1.07. The van der Waals surface area contributed by atoms with Crippen molar-refractivity contribution < 1.29 is 21.6 Å². The molecule has 0 bridgehead atoms. The minimum atomic E-state index is -3.52. The first kappa shape index (κ1) is 20.7. The van der Waals surface area contributed by atoms with E-state index in [1.807, 2.05) is 0 Å². The van der Waals surface area contributed by atoms with Gasteiger partial charge in [0.25, 0.3) is 0 Å². The number of ether oxygens (including phenoxy) is 1. The van der Waals surface area contributed by atoms with Gasteiger partial charge in [0.05, 0.1) is 11.9 Å². The normalized spacial score (nSPS) is 24.1. The smallest absolute Gasteiger partial charge is 0.244 e. The van der Waals surface area contributed by atoms with E-state index in [0.29, 0.717) is 45.0 Å². The fraction of sp³-hybridized carbons (Fsp3) is 0.706. The van der Waals surface area contributed by atoms with Gasteiger partial charge in [0.2, 0.25) is 20.0 Å². The number of piperidine rings is 1. The third kappa shape index (κ3) is 5.26. The van der Waals surface area contributed by atoms with Crippen LogP contribution in [0.3, 0.4) is 0 Å². The van der Waals surface area contributed by atoms with Crippen molar-refractivity contribution >= 4 is 20.0 Å². The summed E-state index contributed by atoms with van der Waals surface area (Å²) in [5.41, 5.74) is -0.297. The molecular formula is C17H27N3O5S2. The summed E-state index contributed by atoms with van der Waals surface area (Å²) < 4.78 is 58.0. The van der Waals surface area contributed by atoms with Crippen LogP contribution in [0.2, 0.25) is 0 Å². The second-order valence-corrected chi connectivity index (χ2v) is 11.2. The van der Waals surface area contributed by atoms with Crippen molar-refractivity contribution in [2.24, 2.45) is 5.92 Å².